The van der Waals surface area contributed by atoms with E-state index in [0.717, 1.165) is 11.1 Å². The third kappa shape index (κ3) is 2.85. The molecule has 0 spiro atoms. The first kappa shape index (κ1) is 13.9. The SMILES string of the molecule is Cc1ccc(C(=O)Nc2cc(-n3cccn3)ncn2)cc1C. The summed E-state index contributed by atoms with van der Waals surface area (Å²) in [5.74, 6) is 0.826. The normalized spacial score (nSPS) is 10.5. The number of hydrogen-bond donors (Lipinski definition) is 1. The van der Waals surface area contributed by atoms with Gasteiger partial charge in [0.2, 0.25) is 0 Å². The van der Waals surface area contributed by atoms with E-state index in [0.29, 0.717) is 17.2 Å². The van der Waals surface area contributed by atoms with Crippen molar-refractivity contribution >= 4 is 11.7 Å². The average molecular weight is 293 g/mol. The number of carbonyl (C=O) groups excluding carboxylic acids is 1. The summed E-state index contributed by atoms with van der Waals surface area (Å²) in [6, 6.07) is 9.06. The van der Waals surface area contributed by atoms with Gasteiger partial charge in [-0.1, -0.05) is 6.07 Å². The molecule has 0 saturated carbocycles. The lowest BCUT2D eigenvalue weighted by Crippen LogP contribution is -2.14. The Balaban J connectivity index is 1.82. The van der Waals surface area contributed by atoms with Crippen molar-refractivity contribution in [2.24, 2.45) is 0 Å². The first-order chi connectivity index (χ1) is 10.6. The highest BCUT2D eigenvalue weighted by molar-refractivity contribution is 6.03. The highest BCUT2D eigenvalue weighted by atomic mass is 16.1. The van der Waals surface area contributed by atoms with E-state index in [1.54, 1.807) is 35.3 Å². The van der Waals surface area contributed by atoms with Crippen LogP contribution in [0.3, 0.4) is 0 Å². The van der Waals surface area contributed by atoms with Gasteiger partial charge in [0.15, 0.2) is 5.82 Å². The number of anilines is 1. The van der Waals surface area contributed by atoms with Gasteiger partial charge in [-0.3, -0.25) is 4.79 Å². The maximum atomic E-state index is 12.3. The summed E-state index contributed by atoms with van der Waals surface area (Å²) in [5.41, 5.74) is 2.83. The maximum absolute atomic E-state index is 12.3. The lowest BCUT2D eigenvalue weighted by Gasteiger charge is -2.07. The predicted molar refractivity (Wildman–Crippen MR) is 83.0 cm³/mol. The van der Waals surface area contributed by atoms with Gasteiger partial charge in [-0.15, -0.1) is 0 Å². The molecule has 110 valence electrons. The predicted octanol–water partition coefficient (Wildman–Crippen LogP) is 2.53. The van der Waals surface area contributed by atoms with Crippen molar-refractivity contribution in [1.29, 1.82) is 0 Å². The summed E-state index contributed by atoms with van der Waals surface area (Å²) < 4.78 is 1.60. The van der Waals surface area contributed by atoms with Crippen molar-refractivity contribution in [3.63, 3.8) is 0 Å². The number of rotatable bonds is 3. The van der Waals surface area contributed by atoms with E-state index < -0.39 is 0 Å². The first-order valence-electron chi connectivity index (χ1n) is 6.84. The fraction of sp³-hybridized carbons (Fsp3) is 0.125. The number of benzene rings is 1. The standard InChI is InChI=1S/C16H15N5O/c1-11-4-5-13(8-12(11)2)16(22)20-14-9-15(18-10-17-14)21-7-3-6-19-21/h3-10H,1-2H3,(H,17,18,20,22). The van der Waals surface area contributed by atoms with Crippen molar-refractivity contribution < 1.29 is 4.79 Å². The minimum atomic E-state index is -0.201. The molecule has 0 fully saturated rings. The average Bonchev–Trinajstić information content (AvgIpc) is 3.04. The van der Waals surface area contributed by atoms with Crippen molar-refractivity contribution in [3.8, 4) is 5.82 Å². The Labute approximate surface area is 127 Å². The molecule has 0 radical (unpaired) electrons. The molecule has 0 atom stereocenters. The molecule has 0 aliphatic carbocycles. The van der Waals surface area contributed by atoms with Gasteiger partial charge in [0.05, 0.1) is 0 Å². The summed E-state index contributed by atoms with van der Waals surface area (Å²) in [6.45, 7) is 3.99. The second kappa shape index (κ2) is 5.77. The summed E-state index contributed by atoms with van der Waals surface area (Å²) in [7, 11) is 0. The quantitative estimate of drug-likeness (QED) is 0.805. The van der Waals surface area contributed by atoms with E-state index in [-0.39, 0.29) is 5.91 Å². The molecule has 0 unspecified atom stereocenters. The fourth-order valence-corrected chi connectivity index (χ4v) is 2.02. The topological polar surface area (TPSA) is 72.7 Å². The van der Waals surface area contributed by atoms with Crippen LogP contribution < -0.4 is 5.32 Å². The van der Waals surface area contributed by atoms with E-state index in [9.17, 15) is 4.79 Å². The van der Waals surface area contributed by atoms with Crippen LogP contribution in [0.4, 0.5) is 5.82 Å². The van der Waals surface area contributed by atoms with Gasteiger partial charge in [-0.25, -0.2) is 14.6 Å². The Morgan fingerprint density at radius 3 is 2.73 bits per heavy atom. The molecule has 1 N–H and O–H groups in total. The fourth-order valence-electron chi connectivity index (χ4n) is 2.02. The van der Waals surface area contributed by atoms with Gasteiger partial charge in [-0.2, -0.15) is 5.10 Å². The Morgan fingerprint density at radius 1 is 1.14 bits per heavy atom. The Kier molecular flexibility index (Phi) is 3.65. The van der Waals surface area contributed by atoms with E-state index in [1.807, 2.05) is 26.0 Å². The van der Waals surface area contributed by atoms with Crippen molar-refractivity contribution in [2.45, 2.75) is 13.8 Å². The maximum Gasteiger partial charge on any atom is 0.256 e. The summed E-state index contributed by atoms with van der Waals surface area (Å²) in [5, 5.41) is 6.88. The molecule has 3 rings (SSSR count). The van der Waals surface area contributed by atoms with Crippen LogP contribution in [-0.4, -0.2) is 25.7 Å². The Hall–Kier alpha value is -3.02. The largest absolute Gasteiger partial charge is 0.306 e. The van der Waals surface area contributed by atoms with Crippen LogP contribution in [0.2, 0.25) is 0 Å². The van der Waals surface area contributed by atoms with Crippen molar-refractivity contribution in [1.82, 2.24) is 19.7 Å². The van der Waals surface area contributed by atoms with E-state index in [4.69, 9.17) is 0 Å². The van der Waals surface area contributed by atoms with Crippen LogP contribution >= 0.6 is 0 Å². The van der Waals surface area contributed by atoms with Crippen LogP contribution in [0, 0.1) is 13.8 Å². The second-order valence-electron chi connectivity index (χ2n) is 4.97. The monoisotopic (exact) mass is 293 g/mol. The number of nitrogens with zero attached hydrogens (tertiary/aromatic N) is 4. The Bertz CT molecular complexity index is 811. The zero-order chi connectivity index (χ0) is 15.5. The number of nitrogens with one attached hydrogen (secondary N) is 1. The molecule has 0 aliphatic heterocycles. The van der Waals surface area contributed by atoms with Crippen molar-refractivity contribution in [2.75, 3.05) is 5.32 Å². The molecule has 6 heteroatoms. The van der Waals surface area contributed by atoms with Crippen LogP contribution in [0.25, 0.3) is 5.82 Å². The van der Waals surface area contributed by atoms with Crippen LogP contribution in [0.1, 0.15) is 21.5 Å². The smallest absolute Gasteiger partial charge is 0.256 e. The van der Waals surface area contributed by atoms with E-state index in [1.165, 1.54) is 6.33 Å². The van der Waals surface area contributed by atoms with Crippen molar-refractivity contribution in [3.05, 3.63) is 65.7 Å². The van der Waals surface area contributed by atoms with E-state index in [2.05, 4.69) is 20.4 Å². The molecular formula is C16H15N5O. The highest BCUT2D eigenvalue weighted by Crippen LogP contribution is 2.13. The number of amides is 1. The van der Waals surface area contributed by atoms with Gasteiger partial charge in [0, 0.05) is 24.0 Å². The molecule has 6 nitrogen and oxygen atoms in total. The molecule has 2 aromatic heterocycles. The Morgan fingerprint density at radius 2 is 2.00 bits per heavy atom. The first-order valence-corrected chi connectivity index (χ1v) is 6.84. The molecular weight excluding hydrogens is 278 g/mol. The van der Waals surface area contributed by atoms with Gasteiger partial charge >= 0.3 is 0 Å². The zero-order valence-electron chi connectivity index (χ0n) is 12.3. The summed E-state index contributed by atoms with van der Waals surface area (Å²) in [6.07, 6.45) is 4.83. The molecule has 2 heterocycles. The number of aryl methyl sites for hydroxylation is 2. The van der Waals surface area contributed by atoms with Crippen LogP contribution in [-0.2, 0) is 0 Å². The minimum absolute atomic E-state index is 0.201. The van der Waals surface area contributed by atoms with Gasteiger partial charge in [0.1, 0.15) is 12.1 Å². The third-order valence-electron chi connectivity index (χ3n) is 3.40. The molecule has 3 aromatic rings. The van der Waals surface area contributed by atoms with Gasteiger partial charge < -0.3 is 5.32 Å². The molecule has 0 bridgehead atoms. The van der Waals surface area contributed by atoms with Crippen LogP contribution in [0.5, 0.6) is 0 Å². The lowest BCUT2D eigenvalue weighted by atomic mass is 10.1. The number of hydrogen-bond acceptors (Lipinski definition) is 4. The van der Waals surface area contributed by atoms with Crippen LogP contribution in [0.15, 0.2) is 49.1 Å². The molecule has 22 heavy (non-hydrogen) atoms. The number of carbonyl (C=O) groups is 1. The molecule has 0 saturated heterocycles. The zero-order valence-corrected chi connectivity index (χ0v) is 12.3. The van der Waals surface area contributed by atoms with Gasteiger partial charge in [-0.05, 0) is 43.2 Å². The molecule has 1 amide bonds. The third-order valence-corrected chi connectivity index (χ3v) is 3.40. The second-order valence-corrected chi connectivity index (χ2v) is 4.97. The lowest BCUT2D eigenvalue weighted by molar-refractivity contribution is 0.102. The van der Waals surface area contributed by atoms with Gasteiger partial charge in [0.25, 0.3) is 5.91 Å². The van der Waals surface area contributed by atoms with E-state index >= 15 is 0 Å². The summed E-state index contributed by atoms with van der Waals surface area (Å²) >= 11 is 0. The molecule has 1 aromatic carbocycles. The summed E-state index contributed by atoms with van der Waals surface area (Å²) in [4.78, 5) is 20.5. The minimum Gasteiger partial charge on any atom is -0.306 e. The highest BCUT2D eigenvalue weighted by Gasteiger charge is 2.09. The molecule has 0 aliphatic rings. The number of aromatic nitrogens is 4.